The van der Waals surface area contributed by atoms with Crippen LogP contribution in [-0.2, 0) is 9.53 Å². The highest BCUT2D eigenvalue weighted by Crippen LogP contribution is 2.28. The second-order valence-corrected chi connectivity index (χ2v) is 5.69. The molecular formula is C18H16Cl2O2. The van der Waals surface area contributed by atoms with Gasteiger partial charge >= 0.3 is 5.97 Å². The second kappa shape index (κ2) is 7.48. The summed E-state index contributed by atoms with van der Waals surface area (Å²) in [5, 5.41) is 1.20. The molecule has 0 aliphatic carbocycles. The molecule has 0 fully saturated rings. The number of hydrogen-bond acceptors (Lipinski definition) is 2. The van der Waals surface area contributed by atoms with Crippen LogP contribution in [0, 0.1) is 0 Å². The van der Waals surface area contributed by atoms with Gasteiger partial charge in [-0.1, -0.05) is 47.5 Å². The van der Waals surface area contributed by atoms with Crippen LogP contribution < -0.4 is 0 Å². The predicted octanol–water partition coefficient (Wildman–Crippen LogP) is 5.63. The SMILES string of the molecule is CCOC(=O)C=C(C)c1ccc(-c2cc(Cl)cc(Cl)c2)cc1. The molecule has 0 saturated heterocycles. The smallest absolute Gasteiger partial charge is 0.331 e. The molecule has 0 radical (unpaired) electrons. The highest BCUT2D eigenvalue weighted by atomic mass is 35.5. The number of rotatable bonds is 4. The summed E-state index contributed by atoms with van der Waals surface area (Å²) in [4.78, 5) is 11.5. The monoisotopic (exact) mass is 334 g/mol. The number of carbonyl (C=O) groups is 1. The van der Waals surface area contributed by atoms with E-state index in [0.717, 1.165) is 22.3 Å². The third-order valence-electron chi connectivity index (χ3n) is 3.16. The van der Waals surface area contributed by atoms with Crippen molar-refractivity contribution in [3.8, 4) is 11.1 Å². The van der Waals surface area contributed by atoms with Crippen molar-refractivity contribution in [1.29, 1.82) is 0 Å². The lowest BCUT2D eigenvalue weighted by atomic mass is 10.0. The number of benzene rings is 2. The van der Waals surface area contributed by atoms with Crippen molar-refractivity contribution in [2.75, 3.05) is 6.61 Å². The fourth-order valence-corrected chi connectivity index (χ4v) is 2.62. The van der Waals surface area contributed by atoms with E-state index in [1.807, 2.05) is 43.3 Å². The van der Waals surface area contributed by atoms with Gasteiger partial charge in [-0.15, -0.1) is 0 Å². The Labute approximate surface area is 140 Å². The molecule has 0 saturated carbocycles. The van der Waals surface area contributed by atoms with Crippen LogP contribution in [0.25, 0.3) is 16.7 Å². The van der Waals surface area contributed by atoms with Gasteiger partial charge in [0.25, 0.3) is 0 Å². The molecule has 22 heavy (non-hydrogen) atoms. The first-order valence-electron chi connectivity index (χ1n) is 6.91. The van der Waals surface area contributed by atoms with E-state index in [9.17, 15) is 4.79 Å². The van der Waals surface area contributed by atoms with Crippen LogP contribution in [0.5, 0.6) is 0 Å². The Balaban J connectivity index is 2.25. The van der Waals surface area contributed by atoms with Gasteiger partial charge in [0.05, 0.1) is 6.61 Å². The van der Waals surface area contributed by atoms with Crippen LogP contribution in [0.1, 0.15) is 19.4 Å². The summed E-state index contributed by atoms with van der Waals surface area (Å²) in [6, 6.07) is 13.3. The summed E-state index contributed by atoms with van der Waals surface area (Å²) >= 11 is 12.0. The van der Waals surface area contributed by atoms with E-state index in [2.05, 4.69) is 0 Å². The van der Waals surface area contributed by atoms with Crippen LogP contribution in [0.15, 0.2) is 48.5 Å². The molecule has 114 valence electrons. The highest BCUT2D eigenvalue weighted by molar-refractivity contribution is 6.35. The molecule has 0 bridgehead atoms. The fraction of sp³-hybridized carbons (Fsp3) is 0.167. The lowest BCUT2D eigenvalue weighted by molar-refractivity contribution is -0.137. The number of esters is 1. The predicted molar refractivity (Wildman–Crippen MR) is 92.2 cm³/mol. The van der Waals surface area contributed by atoms with Crippen LogP contribution in [0.4, 0.5) is 0 Å². The average Bonchev–Trinajstić information content (AvgIpc) is 2.46. The standard InChI is InChI=1S/C18H16Cl2O2/c1-3-22-18(21)8-12(2)13-4-6-14(7-5-13)15-9-16(19)11-17(20)10-15/h4-11H,3H2,1-2H3. The molecule has 0 spiro atoms. The van der Waals surface area contributed by atoms with E-state index in [0.29, 0.717) is 16.7 Å². The molecule has 0 atom stereocenters. The Kier molecular flexibility index (Phi) is 5.64. The van der Waals surface area contributed by atoms with Gasteiger partial charge in [0.1, 0.15) is 0 Å². The average molecular weight is 335 g/mol. The van der Waals surface area contributed by atoms with Crippen molar-refractivity contribution < 1.29 is 9.53 Å². The zero-order valence-electron chi connectivity index (χ0n) is 12.4. The summed E-state index contributed by atoms with van der Waals surface area (Å²) in [6.45, 7) is 4.03. The van der Waals surface area contributed by atoms with Gasteiger partial charge in [0, 0.05) is 16.1 Å². The van der Waals surface area contributed by atoms with Crippen LogP contribution >= 0.6 is 23.2 Å². The van der Waals surface area contributed by atoms with E-state index in [1.165, 1.54) is 6.08 Å². The summed E-state index contributed by atoms with van der Waals surface area (Å²) < 4.78 is 4.91. The Hall–Kier alpha value is -1.77. The summed E-state index contributed by atoms with van der Waals surface area (Å²) in [7, 11) is 0. The fourth-order valence-electron chi connectivity index (χ4n) is 2.09. The van der Waals surface area contributed by atoms with E-state index < -0.39 is 0 Å². The van der Waals surface area contributed by atoms with E-state index in [1.54, 1.807) is 13.0 Å². The number of carbonyl (C=O) groups excluding carboxylic acids is 1. The van der Waals surface area contributed by atoms with Gasteiger partial charge in [0.2, 0.25) is 0 Å². The third-order valence-corrected chi connectivity index (χ3v) is 3.59. The Bertz CT molecular complexity index is 683. The summed E-state index contributed by atoms with van der Waals surface area (Å²) in [6.07, 6.45) is 1.49. The number of hydrogen-bond donors (Lipinski definition) is 0. The molecule has 0 aliphatic rings. The molecule has 2 nitrogen and oxygen atoms in total. The van der Waals surface area contributed by atoms with Crippen molar-refractivity contribution in [1.82, 2.24) is 0 Å². The van der Waals surface area contributed by atoms with Crippen LogP contribution in [0.2, 0.25) is 10.0 Å². The lowest BCUT2D eigenvalue weighted by Crippen LogP contribution is -2.00. The highest BCUT2D eigenvalue weighted by Gasteiger charge is 2.04. The van der Waals surface area contributed by atoms with Crippen molar-refractivity contribution in [3.05, 3.63) is 64.1 Å². The third kappa shape index (κ3) is 4.36. The number of halogens is 2. The quantitative estimate of drug-likeness (QED) is 0.535. The molecule has 0 heterocycles. The van der Waals surface area contributed by atoms with Gasteiger partial charge in [-0.25, -0.2) is 4.79 Å². The van der Waals surface area contributed by atoms with E-state index in [4.69, 9.17) is 27.9 Å². The number of allylic oxidation sites excluding steroid dienone is 1. The summed E-state index contributed by atoms with van der Waals surface area (Å²) in [5.41, 5.74) is 3.78. The molecule has 2 aromatic rings. The minimum absolute atomic E-state index is 0.328. The first-order valence-corrected chi connectivity index (χ1v) is 7.67. The first kappa shape index (κ1) is 16.6. The minimum Gasteiger partial charge on any atom is -0.463 e. The minimum atomic E-state index is -0.328. The lowest BCUT2D eigenvalue weighted by Gasteiger charge is -2.06. The second-order valence-electron chi connectivity index (χ2n) is 4.81. The molecule has 0 unspecified atom stereocenters. The zero-order chi connectivity index (χ0) is 16.1. The molecule has 0 aliphatic heterocycles. The van der Waals surface area contributed by atoms with Crippen molar-refractivity contribution in [2.24, 2.45) is 0 Å². The molecule has 4 heteroatoms. The summed E-state index contributed by atoms with van der Waals surface area (Å²) in [5.74, 6) is -0.328. The topological polar surface area (TPSA) is 26.3 Å². The molecule has 2 aromatic carbocycles. The molecule has 0 aromatic heterocycles. The maximum Gasteiger partial charge on any atom is 0.331 e. The van der Waals surface area contributed by atoms with Gasteiger partial charge in [-0.2, -0.15) is 0 Å². The Morgan fingerprint density at radius 3 is 2.18 bits per heavy atom. The molecule has 0 amide bonds. The van der Waals surface area contributed by atoms with Crippen LogP contribution in [0.3, 0.4) is 0 Å². The van der Waals surface area contributed by atoms with E-state index >= 15 is 0 Å². The van der Waals surface area contributed by atoms with Gasteiger partial charge in [-0.05, 0) is 54.3 Å². The van der Waals surface area contributed by atoms with Crippen molar-refractivity contribution >= 4 is 34.7 Å². The Morgan fingerprint density at radius 1 is 1.05 bits per heavy atom. The molecular weight excluding hydrogens is 319 g/mol. The number of ether oxygens (including phenoxy) is 1. The first-order chi connectivity index (χ1) is 10.5. The van der Waals surface area contributed by atoms with Gasteiger partial charge < -0.3 is 4.74 Å². The van der Waals surface area contributed by atoms with Crippen molar-refractivity contribution in [3.63, 3.8) is 0 Å². The Morgan fingerprint density at radius 2 is 1.64 bits per heavy atom. The molecule has 2 rings (SSSR count). The normalized spacial score (nSPS) is 11.4. The van der Waals surface area contributed by atoms with E-state index in [-0.39, 0.29) is 5.97 Å². The maximum absolute atomic E-state index is 11.5. The maximum atomic E-state index is 11.5. The van der Waals surface area contributed by atoms with Crippen LogP contribution in [-0.4, -0.2) is 12.6 Å². The van der Waals surface area contributed by atoms with Crippen molar-refractivity contribution in [2.45, 2.75) is 13.8 Å². The molecule has 0 N–H and O–H groups in total. The van der Waals surface area contributed by atoms with Gasteiger partial charge in [-0.3, -0.25) is 0 Å². The van der Waals surface area contributed by atoms with Gasteiger partial charge in [0.15, 0.2) is 0 Å². The zero-order valence-corrected chi connectivity index (χ0v) is 13.9. The largest absolute Gasteiger partial charge is 0.463 e.